The van der Waals surface area contributed by atoms with Crippen LogP contribution < -0.4 is 14.3 Å². The Morgan fingerprint density at radius 3 is 2.03 bits per heavy atom. The lowest BCUT2D eigenvalue weighted by Crippen LogP contribution is -2.29. The molecule has 0 atom stereocenters. The van der Waals surface area contributed by atoms with Crippen LogP contribution in [0.2, 0.25) is 5.02 Å². The summed E-state index contributed by atoms with van der Waals surface area (Å²) < 4.78 is 53.9. The molecule has 2 N–H and O–H groups in total. The van der Waals surface area contributed by atoms with Gasteiger partial charge in [-0.1, -0.05) is 35.9 Å². The van der Waals surface area contributed by atoms with E-state index in [9.17, 15) is 21.6 Å². The molecule has 0 aliphatic carbocycles. The third-order valence-electron chi connectivity index (χ3n) is 5.75. The number of sulfonamides is 2. The molecule has 0 aliphatic heterocycles. The van der Waals surface area contributed by atoms with Gasteiger partial charge in [-0.2, -0.15) is 0 Å². The molecule has 0 aromatic heterocycles. The standard InChI is InChI=1S/C28H26ClN3O5S2/c1-20-4-3-5-26(18-20)32(38(2,34)35)19-21-6-8-22(9-7-21)28(33)30-24-14-16-27(17-15-24)39(36,37)31-25-12-10-23(29)11-13-25/h3-18,31H,19H2,1-2H3,(H,30,33). The van der Waals surface area contributed by atoms with Crippen molar-refractivity contribution in [2.75, 3.05) is 20.6 Å². The number of carbonyl (C=O) groups is 1. The van der Waals surface area contributed by atoms with E-state index in [1.54, 1.807) is 66.7 Å². The number of aryl methyl sites for hydroxylation is 1. The maximum Gasteiger partial charge on any atom is 0.261 e. The van der Waals surface area contributed by atoms with Gasteiger partial charge in [0, 0.05) is 22.0 Å². The Labute approximate surface area is 233 Å². The van der Waals surface area contributed by atoms with E-state index >= 15 is 0 Å². The van der Waals surface area contributed by atoms with Gasteiger partial charge in [0.2, 0.25) is 10.0 Å². The van der Waals surface area contributed by atoms with Crippen LogP contribution in [0.5, 0.6) is 0 Å². The molecule has 0 aliphatic rings. The molecule has 0 saturated carbocycles. The third-order valence-corrected chi connectivity index (χ3v) is 8.54. The SMILES string of the molecule is Cc1cccc(N(Cc2ccc(C(=O)Nc3ccc(S(=O)(=O)Nc4ccc(Cl)cc4)cc3)cc2)S(C)(=O)=O)c1. The Bertz CT molecular complexity index is 1690. The molecule has 0 fully saturated rings. The van der Waals surface area contributed by atoms with Crippen molar-refractivity contribution in [3.05, 3.63) is 119 Å². The first kappa shape index (κ1) is 28.2. The first-order valence-corrected chi connectivity index (χ1v) is 15.4. The number of halogens is 1. The van der Waals surface area contributed by atoms with Gasteiger partial charge < -0.3 is 5.32 Å². The second-order valence-electron chi connectivity index (χ2n) is 8.90. The fourth-order valence-electron chi connectivity index (χ4n) is 3.76. The van der Waals surface area contributed by atoms with E-state index < -0.39 is 26.0 Å². The van der Waals surface area contributed by atoms with E-state index in [-0.39, 0.29) is 11.4 Å². The highest BCUT2D eigenvalue weighted by atomic mass is 35.5. The van der Waals surface area contributed by atoms with Gasteiger partial charge in [0.1, 0.15) is 0 Å². The zero-order chi connectivity index (χ0) is 28.2. The van der Waals surface area contributed by atoms with Crippen LogP contribution >= 0.6 is 11.6 Å². The zero-order valence-corrected chi connectivity index (χ0v) is 23.5. The first-order valence-electron chi connectivity index (χ1n) is 11.7. The van der Waals surface area contributed by atoms with E-state index in [1.165, 1.54) is 28.6 Å². The zero-order valence-electron chi connectivity index (χ0n) is 21.1. The molecule has 0 saturated heterocycles. The first-order chi connectivity index (χ1) is 18.4. The second kappa shape index (κ2) is 11.5. The summed E-state index contributed by atoms with van der Waals surface area (Å²) in [5.74, 6) is -0.393. The molecule has 11 heteroatoms. The number of amides is 1. The fraction of sp³-hybridized carbons (Fsp3) is 0.107. The number of rotatable bonds is 9. The molecule has 4 rings (SSSR count). The molecule has 0 bridgehead atoms. The summed E-state index contributed by atoms with van der Waals surface area (Å²) >= 11 is 5.84. The van der Waals surface area contributed by atoms with E-state index in [1.807, 2.05) is 13.0 Å². The van der Waals surface area contributed by atoms with Crippen LogP contribution in [0.25, 0.3) is 0 Å². The van der Waals surface area contributed by atoms with Crippen LogP contribution in [0, 0.1) is 6.92 Å². The summed E-state index contributed by atoms with van der Waals surface area (Å²) in [6.07, 6.45) is 1.15. The molecule has 39 heavy (non-hydrogen) atoms. The Morgan fingerprint density at radius 2 is 1.44 bits per heavy atom. The van der Waals surface area contributed by atoms with Gasteiger partial charge in [-0.05, 0) is 90.8 Å². The smallest absolute Gasteiger partial charge is 0.261 e. The van der Waals surface area contributed by atoms with Gasteiger partial charge in [-0.15, -0.1) is 0 Å². The Morgan fingerprint density at radius 1 is 0.821 bits per heavy atom. The molecule has 4 aromatic rings. The normalized spacial score (nSPS) is 11.6. The van der Waals surface area contributed by atoms with E-state index in [0.717, 1.165) is 11.8 Å². The van der Waals surface area contributed by atoms with Crippen LogP contribution in [0.15, 0.2) is 102 Å². The molecule has 8 nitrogen and oxygen atoms in total. The number of anilines is 3. The Hall–Kier alpha value is -3.86. The van der Waals surface area contributed by atoms with Crippen molar-refractivity contribution in [1.29, 1.82) is 0 Å². The fourth-order valence-corrected chi connectivity index (χ4v) is 5.83. The minimum Gasteiger partial charge on any atom is -0.322 e. The van der Waals surface area contributed by atoms with Gasteiger partial charge in [0.05, 0.1) is 23.4 Å². The molecule has 4 aromatic carbocycles. The molecule has 0 spiro atoms. The van der Waals surface area contributed by atoms with E-state index in [4.69, 9.17) is 11.6 Å². The summed E-state index contributed by atoms with van der Waals surface area (Å²) in [6, 6.07) is 25.9. The van der Waals surface area contributed by atoms with Crippen LogP contribution in [-0.4, -0.2) is 29.0 Å². The minimum atomic E-state index is -3.82. The highest BCUT2D eigenvalue weighted by Crippen LogP contribution is 2.23. The number of nitrogens with zero attached hydrogens (tertiary/aromatic N) is 1. The van der Waals surface area contributed by atoms with Gasteiger partial charge in [-0.3, -0.25) is 13.8 Å². The molecule has 0 unspecified atom stereocenters. The van der Waals surface area contributed by atoms with Crippen LogP contribution in [0.3, 0.4) is 0 Å². The lowest BCUT2D eigenvalue weighted by atomic mass is 10.1. The number of hydrogen-bond donors (Lipinski definition) is 2. The van der Waals surface area contributed by atoms with Crippen LogP contribution in [-0.2, 0) is 26.6 Å². The second-order valence-corrected chi connectivity index (χ2v) is 12.9. The summed E-state index contributed by atoms with van der Waals surface area (Å²) in [4.78, 5) is 12.8. The van der Waals surface area contributed by atoms with Crippen molar-refractivity contribution in [3.63, 3.8) is 0 Å². The molecule has 1 amide bonds. The number of hydrogen-bond acceptors (Lipinski definition) is 5. The lowest BCUT2D eigenvalue weighted by Gasteiger charge is -2.23. The number of carbonyl (C=O) groups excluding carboxylic acids is 1. The van der Waals surface area contributed by atoms with Crippen LogP contribution in [0.1, 0.15) is 21.5 Å². The van der Waals surface area contributed by atoms with Gasteiger partial charge in [0.15, 0.2) is 0 Å². The highest BCUT2D eigenvalue weighted by Gasteiger charge is 2.19. The van der Waals surface area contributed by atoms with Crippen molar-refractivity contribution in [1.82, 2.24) is 0 Å². The van der Waals surface area contributed by atoms with Gasteiger partial charge in [-0.25, -0.2) is 16.8 Å². The molecular formula is C28H26ClN3O5S2. The number of benzene rings is 4. The predicted octanol–water partition coefficient (Wildman–Crippen LogP) is 5.67. The maximum absolute atomic E-state index is 12.8. The molecule has 0 radical (unpaired) electrons. The number of nitrogens with one attached hydrogen (secondary N) is 2. The van der Waals surface area contributed by atoms with Crippen molar-refractivity contribution < 1.29 is 21.6 Å². The van der Waals surface area contributed by atoms with E-state index in [0.29, 0.717) is 33.2 Å². The van der Waals surface area contributed by atoms with Crippen molar-refractivity contribution in [3.8, 4) is 0 Å². The summed E-state index contributed by atoms with van der Waals surface area (Å²) in [6.45, 7) is 2.01. The maximum atomic E-state index is 12.8. The third kappa shape index (κ3) is 7.38. The van der Waals surface area contributed by atoms with Crippen molar-refractivity contribution in [2.24, 2.45) is 0 Å². The molecule has 0 heterocycles. The summed E-state index contributed by atoms with van der Waals surface area (Å²) in [5.41, 5.74) is 3.36. The average molecular weight is 584 g/mol. The van der Waals surface area contributed by atoms with Crippen molar-refractivity contribution in [2.45, 2.75) is 18.4 Å². The lowest BCUT2D eigenvalue weighted by molar-refractivity contribution is 0.102. The predicted molar refractivity (Wildman–Crippen MR) is 155 cm³/mol. The minimum absolute atomic E-state index is 0.0313. The van der Waals surface area contributed by atoms with Gasteiger partial charge >= 0.3 is 0 Å². The Kier molecular flexibility index (Phi) is 8.29. The summed E-state index contributed by atoms with van der Waals surface area (Å²) in [7, 11) is -7.36. The van der Waals surface area contributed by atoms with Crippen LogP contribution in [0.4, 0.5) is 17.1 Å². The Balaban J connectivity index is 1.42. The largest absolute Gasteiger partial charge is 0.322 e. The monoisotopic (exact) mass is 583 g/mol. The summed E-state index contributed by atoms with van der Waals surface area (Å²) in [5, 5.41) is 3.23. The molecule has 202 valence electrons. The van der Waals surface area contributed by atoms with Crippen molar-refractivity contribution >= 4 is 54.6 Å². The average Bonchev–Trinajstić information content (AvgIpc) is 2.88. The van der Waals surface area contributed by atoms with Gasteiger partial charge in [0.25, 0.3) is 15.9 Å². The highest BCUT2D eigenvalue weighted by molar-refractivity contribution is 7.92. The molecular weight excluding hydrogens is 558 g/mol. The quantitative estimate of drug-likeness (QED) is 0.264. The topological polar surface area (TPSA) is 113 Å². The van der Waals surface area contributed by atoms with E-state index in [2.05, 4.69) is 10.0 Å².